The highest BCUT2D eigenvalue weighted by Crippen LogP contribution is 2.28. The Bertz CT molecular complexity index is 736. The van der Waals surface area contributed by atoms with Gasteiger partial charge < -0.3 is 9.26 Å². The molecule has 0 spiro atoms. The fraction of sp³-hybridized carbons (Fsp3) is 0.579. The number of hydrogen-bond acceptors (Lipinski definition) is 5. The number of aryl methyl sites for hydroxylation is 3. The van der Waals surface area contributed by atoms with Crippen LogP contribution in [0.3, 0.4) is 0 Å². The van der Waals surface area contributed by atoms with Crippen molar-refractivity contribution in [2.24, 2.45) is 0 Å². The van der Waals surface area contributed by atoms with Gasteiger partial charge in [0, 0.05) is 13.0 Å². The maximum atomic E-state index is 12.4. The molecule has 0 amide bonds. The molecule has 1 aromatic heterocycles. The van der Waals surface area contributed by atoms with Crippen LogP contribution in [0.4, 0.5) is 13.2 Å². The van der Waals surface area contributed by atoms with Crippen molar-refractivity contribution in [3.63, 3.8) is 0 Å². The van der Waals surface area contributed by atoms with Crippen LogP contribution in [0.5, 0.6) is 5.75 Å². The van der Waals surface area contributed by atoms with Gasteiger partial charge in [0.15, 0.2) is 12.4 Å². The van der Waals surface area contributed by atoms with Crippen molar-refractivity contribution in [1.82, 2.24) is 15.0 Å². The molecule has 0 saturated heterocycles. The molecule has 8 heteroatoms. The molecule has 1 heterocycles. The predicted molar refractivity (Wildman–Crippen MR) is 95.6 cm³/mol. The zero-order chi connectivity index (χ0) is 20.2. The number of benzene rings is 1. The van der Waals surface area contributed by atoms with Crippen LogP contribution in [-0.4, -0.2) is 34.9 Å². The van der Waals surface area contributed by atoms with E-state index in [1.54, 1.807) is 13.8 Å². The summed E-state index contributed by atoms with van der Waals surface area (Å²) in [4.78, 5) is 6.46. The van der Waals surface area contributed by atoms with Crippen molar-refractivity contribution in [3.05, 3.63) is 40.5 Å². The van der Waals surface area contributed by atoms with Crippen LogP contribution in [-0.2, 0) is 13.0 Å². The molecule has 0 saturated carbocycles. The van der Waals surface area contributed by atoms with E-state index >= 15 is 0 Å². The first-order valence-electron chi connectivity index (χ1n) is 8.93. The summed E-state index contributed by atoms with van der Waals surface area (Å²) in [6.07, 6.45) is -2.63. The Kier molecular flexibility index (Phi) is 6.86. The molecule has 150 valence electrons. The first kappa shape index (κ1) is 21.2. The van der Waals surface area contributed by atoms with Crippen LogP contribution in [0.15, 0.2) is 16.7 Å². The van der Waals surface area contributed by atoms with Gasteiger partial charge >= 0.3 is 6.18 Å². The summed E-state index contributed by atoms with van der Waals surface area (Å²) in [5.41, 5.74) is 2.34. The van der Waals surface area contributed by atoms with Crippen molar-refractivity contribution < 1.29 is 22.4 Å². The van der Waals surface area contributed by atoms with Crippen molar-refractivity contribution in [1.29, 1.82) is 0 Å². The molecule has 2 rings (SSSR count). The maximum Gasteiger partial charge on any atom is 0.422 e. The molecule has 5 nitrogen and oxygen atoms in total. The first-order chi connectivity index (χ1) is 12.6. The third kappa shape index (κ3) is 5.95. The van der Waals surface area contributed by atoms with E-state index in [1.165, 1.54) is 0 Å². The van der Waals surface area contributed by atoms with E-state index in [4.69, 9.17) is 9.26 Å². The molecule has 1 aromatic carbocycles. The van der Waals surface area contributed by atoms with Crippen LogP contribution < -0.4 is 4.74 Å². The summed E-state index contributed by atoms with van der Waals surface area (Å²) >= 11 is 0. The Labute approximate surface area is 157 Å². The normalized spacial score (nSPS) is 13.2. The highest BCUT2D eigenvalue weighted by molar-refractivity contribution is 5.43. The third-order valence-corrected chi connectivity index (χ3v) is 4.31. The molecule has 0 aliphatic heterocycles. The molecule has 27 heavy (non-hydrogen) atoms. The van der Waals surface area contributed by atoms with E-state index in [0.29, 0.717) is 29.4 Å². The fourth-order valence-electron chi connectivity index (χ4n) is 2.89. The van der Waals surface area contributed by atoms with Gasteiger partial charge in [-0.3, -0.25) is 4.90 Å². The lowest BCUT2D eigenvalue weighted by molar-refractivity contribution is -0.153. The van der Waals surface area contributed by atoms with Gasteiger partial charge in [0.05, 0.1) is 6.04 Å². The van der Waals surface area contributed by atoms with Gasteiger partial charge in [-0.05, 0) is 50.9 Å². The quantitative estimate of drug-likeness (QED) is 0.655. The monoisotopic (exact) mass is 385 g/mol. The number of hydrogen-bond donors (Lipinski definition) is 0. The van der Waals surface area contributed by atoms with Crippen molar-refractivity contribution in [3.8, 4) is 5.75 Å². The molecule has 0 N–H and O–H groups in total. The average molecular weight is 385 g/mol. The van der Waals surface area contributed by atoms with Gasteiger partial charge in [-0.1, -0.05) is 24.2 Å². The summed E-state index contributed by atoms with van der Waals surface area (Å²) in [7, 11) is 1.94. The molecule has 2 aromatic rings. The summed E-state index contributed by atoms with van der Waals surface area (Å²) in [5, 5.41) is 3.98. The highest BCUT2D eigenvalue weighted by Gasteiger charge is 2.29. The molecule has 1 unspecified atom stereocenters. The molecule has 0 aliphatic carbocycles. The van der Waals surface area contributed by atoms with Gasteiger partial charge in [-0.2, -0.15) is 18.2 Å². The maximum absolute atomic E-state index is 12.4. The van der Waals surface area contributed by atoms with E-state index in [2.05, 4.69) is 17.1 Å². The third-order valence-electron chi connectivity index (χ3n) is 4.31. The van der Waals surface area contributed by atoms with Gasteiger partial charge in [0.25, 0.3) is 0 Å². The van der Waals surface area contributed by atoms with Crippen LogP contribution in [0.25, 0.3) is 0 Å². The lowest BCUT2D eigenvalue weighted by Gasteiger charge is -2.23. The average Bonchev–Trinajstić information content (AvgIpc) is 3.01. The SMILES string of the molecule is CCCc1noc(C(C)N(C)Cc2cc(C)c(OCC(F)(F)F)c(C)c2)n1. The largest absolute Gasteiger partial charge is 0.484 e. The number of halogens is 3. The van der Waals surface area contributed by atoms with Crippen molar-refractivity contribution in [2.75, 3.05) is 13.7 Å². The molecule has 0 bridgehead atoms. The van der Waals surface area contributed by atoms with E-state index in [-0.39, 0.29) is 11.8 Å². The van der Waals surface area contributed by atoms with E-state index in [1.807, 2.05) is 31.0 Å². The fourth-order valence-corrected chi connectivity index (χ4v) is 2.89. The van der Waals surface area contributed by atoms with Gasteiger partial charge in [0.1, 0.15) is 5.75 Å². The lowest BCUT2D eigenvalue weighted by Crippen LogP contribution is -2.23. The zero-order valence-electron chi connectivity index (χ0n) is 16.4. The molecular formula is C19H26F3N3O2. The Hall–Kier alpha value is -2.09. The lowest BCUT2D eigenvalue weighted by atomic mass is 10.0. The van der Waals surface area contributed by atoms with Crippen LogP contribution in [0, 0.1) is 13.8 Å². The predicted octanol–water partition coefficient (Wildman–Crippen LogP) is 4.77. The van der Waals surface area contributed by atoms with Gasteiger partial charge in [-0.15, -0.1) is 0 Å². The molecule has 0 radical (unpaired) electrons. The van der Waals surface area contributed by atoms with Crippen molar-refractivity contribution >= 4 is 0 Å². The standard InChI is InChI=1S/C19H26F3N3O2/c1-6-7-16-23-18(27-24-16)14(4)25(5)10-15-8-12(2)17(13(3)9-15)26-11-19(20,21)22/h8-9,14H,6-7,10-11H2,1-5H3. The summed E-state index contributed by atoms with van der Waals surface area (Å²) in [6, 6.07) is 3.61. The number of alkyl halides is 3. The minimum absolute atomic E-state index is 0.0788. The van der Waals surface area contributed by atoms with Crippen LogP contribution in [0.2, 0.25) is 0 Å². The molecule has 1 atom stereocenters. The second-order valence-corrected chi connectivity index (χ2v) is 6.85. The summed E-state index contributed by atoms with van der Waals surface area (Å²) in [5.74, 6) is 1.54. The number of nitrogens with zero attached hydrogens (tertiary/aromatic N) is 3. The first-order valence-corrected chi connectivity index (χ1v) is 8.93. The Morgan fingerprint density at radius 2 is 1.85 bits per heavy atom. The topological polar surface area (TPSA) is 51.4 Å². The van der Waals surface area contributed by atoms with Crippen LogP contribution >= 0.6 is 0 Å². The number of ether oxygens (including phenoxy) is 1. The minimum Gasteiger partial charge on any atom is -0.484 e. The number of aromatic nitrogens is 2. The van der Waals surface area contributed by atoms with E-state index in [9.17, 15) is 13.2 Å². The smallest absolute Gasteiger partial charge is 0.422 e. The summed E-state index contributed by atoms with van der Waals surface area (Å²) in [6.45, 7) is 6.83. The second-order valence-electron chi connectivity index (χ2n) is 6.85. The molecule has 0 fully saturated rings. The minimum atomic E-state index is -4.35. The summed E-state index contributed by atoms with van der Waals surface area (Å²) < 4.78 is 47.5. The van der Waals surface area contributed by atoms with Gasteiger partial charge in [-0.25, -0.2) is 0 Å². The Balaban J connectivity index is 2.07. The Morgan fingerprint density at radius 3 is 2.41 bits per heavy atom. The number of rotatable bonds is 8. The van der Waals surface area contributed by atoms with Crippen molar-refractivity contribution in [2.45, 2.75) is 59.3 Å². The van der Waals surface area contributed by atoms with Gasteiger partial charge in [0.2, 0.25) is 5.89 Å². The zero-order valence-corrected chi connectivity index (χ0v) is 16.4. The highest BCUT2D eigenvalue weighted by atomic mass is 19.4. The Morgan fingerprint density at radius 1 is 1.22 bits per heavy atom. The van der Waals surface area contributed by atoms with E-state index in [0.717, 1.165) is 18.4 Å². The van der Waals surface area contributed by atoms with Crippen LogP contribution in [0.1, 0.15) is 54.7 Å². The molecule has 0 aliphatic rings. The van der Waals surface area contributed by atoms with E-state index < -0.39 is 12.8 Å². The molecular weight excluding hydrogens is 359 g/mol. The second kappa shape index (κ2) is 8.73.